The summed E-state index contributed by atoms with van der Waals surface area (Å²) in [6.45, 7) is 0.688. The Kier molecular flexibility index (Phi) is 3.46. The monoisotopic (exact) mass is 222 g/mol. The minimum absolute atomic E-state index is 0.280. The second-order valence-electron chi connectivity index (χ2n) is 3.41. The van der Waals surface area contributed by atoms with Crippen molar-refractivity contribution in [1.29, 1.82) is 0 Å². The highest BCUT2D eigenvalue weighted by Crippen LogP contribution is 2.18. The maximum absolute atomic E-state index is 11.1. The molecule has 0 saturated carbocycles. The number of amides is 1. The Bertz CT molecular complexity index is 306. The van der Waals surface area contributed by atoms with Crippen molar-refractivity contribution in [3.05, 3.63) is 0 Å². The van der Waals surface area contributed by atoms with Gasteiger partial charge in [-0.2, -0.15) is 0 Å². The van der Waals surface area contributed by atoms with Gasteiger partial charge in [-0.15, -0.1) is 0 Å². The molecule has 7 heteroatoms. The Morgan fingerprint density at radius 1 is 1.43 bits per heavy atom. The van der Waals surface area contributed by atoms with Crippen molar-refractivity contribution in [2.45, 2.75) is 12.8 Å². The highest BCUT2D eigenvalue weighted by Gasteiger charge is 2.28. The predicted molar refractivity (Wildman–Crippen MR) is 49.1 cm³/mol. The van der Waals surface area contributed by atoms with Crippen LogP contribution in [0.1, 0.15) is 12.8 Å². The molecule has 1 fully saturated rings. The van der Waals surface area contributed by atoms with Crippen LogP contribution in [0.15, 0.2) is 0 Å². The summed E-state index contributed by atoms with van der Waals surface area (Å²) in [5.74, 6) is -0.712. The number of hydrogen-bond acceptors (Lipinski definition) is 4. The van der Waals surface area contributed by atoms with Crippen LogP contribution in [0, 0.1) is 5.92 Å². The lowest BCUT2D eigenvalue weighted by Crippen LogP contribution is -2.41. The van der Waals surface area contributed by atoms with Crippen LogP contribution in [0.2, 0.25) is 0 Å². The molecule has 0 aliphatic carbocycles. The molecular formula is C7H14N2O4S. The maximum atomic E-state index is 11.1. The fraction of sp³-hybridized carbons (Fsp3) is 0.857. The van der Waals surface area contributed by atoms with Gasteiger partial charge in [0.25, 0.3) is 0 Å². The third-order valence-corrected chi connectivity index (χ3v) is 3.71. The van der Waals surface area contributed by atoms with Crippen LogP contribution in [0.25, 0.3) is 0 Å². The molecule has 1 aliphatic rings. The lowest BCUT2D eigenvalue weighted by Gasteiger charge is -2.28. The molecule has 14 heavy (non-hydrogen) atoms. The zero-order chi connectivity index (χ0) is 10.8. The van der Waals surface area contributed by atoms with Gasteiger partial charge in [0.15, 0.2) is 0 Å². The minimum Gasteiger partial charge on any atom is -0.289 e. The number of sulfonamides is 1. The third-order valence-electron chi connectivity index (χ3n) is 2.40. The van der Waals surface area contributed by atoms with Gasteiger partial charge in [0.1, 0.15) is 0 Å². The smallest absolute Gasteiger partial charge is 0.246 e. The van der Waals surface area contributed by atoms with Gasteiger partial charge >= 0.3 is 0 Å². The van der Waals surface area contributed by atoms with Crippen LogP contribution in [-0.2, 0) is 14.8 Å². The van der Waals surface area contributed by atoms with Gasteiger partial charge in [-0.05, 0) is 12.8 Å². The Labute approximate surface area is 82.9 Å². The van der Waals surface area contributed by atoms with E-state index < -0.39 is 15.9 Å². The number of hydroxylamine groups is 1. The minimum atomic E-state index is -3.14. The molecule has 0 unspecified atom stereocenters. The second-order valence-corrected chi connectivity index (χ2v) is 5.39. The van der Waals surface area contributed by atoms with E-state index in [2.05, 4.69) is 0 Å². The molecule has 1 rings (SSSR count). The molecule has 1 amide bonds. The normalized spacial score (nSPS) is 20.7. The largest absolute Gasteiger partial charge is 0.289 e. The average Bonchev–Trinajstić information content (AvgIpc) is 2.15. The molecular weight excluding hydrogens is 208 g/mol. The molecule has 0 atom stereocenters. The first kappa shape index (κ1) is 11.4. The molecule has 2 N–H and O–H groups in total. The van der Waals surface area contributed by atoms with E-state index in [1.807, 2.05) is 0 Å². The summed E-state index contributed by atoms with van der Waals surface area (Å²) in [6.07, 6.45) is 2.07. The number of nitrogens with one attached hydrogen (secondary N) is 1. The first-order valence-corrected chi connectivity index (χ1v) is 6.19. The first-order chi connectivity index (χ1) is 6.45. The van der Waals surface area contributed by atoms with E-state index in [0.717, 1.165) is 6.26 Å². The standard InChI is InChI=1S/C7H14N2O4S/c1-14(12,13)9-4-2-6(3-5-9)7(10)8-11/h6,11H,2-5H2,1H3,(H,8,10). The fourth-order valence-corrected chi connectivity index (χ4v) is 2.42. The van der Waals surface area contributed by atoms with Gasteiger partial charge in [-0.3, -0.25) is 10.0 Å². The summed E-state index contributed by atoms with van der Waals surface area (Å²) in [7, 11) is -3.14. The van der Waals surface area contributed by atoms with Crippen molar-refractivity contribution < 1.29 is 18.4 Å². The van der Waals surface area contributed by atoms with Crippen LogP contribution in [0.5, 0.6) is 0 Å². The summed E-state index contributed by atoms with van der Waals surface area (Å²) in [4.78, 5) is 11.0. The van der Waals surface area contributed by atoms with E-state index >= 15 is 0 Å². The number of piperidine rings is 1. The number of carbonyl (C=O) groups excluding carboxylic acids is 1. The molecule has 0 aromatic heterocycles. The van der Waals surface area contributed by atoms with E-state index in [0.29, 0.717) is 25.9 Å². The van der Waals surface area contributed by atoms with E-state index in [1.54, 1.807) is 5.48 Å². The SMILES string of the molecule is CS(=O)(=O)N1CCC(C(=O)NO)CC1. The van der Waals surface area contributed by atoms with Crippen LogP contribution >= 0.6 is 0 Å². The van der Waals surface area contributed by atoms with Gasteiger partial charge in [0.05, 0.1) is 6.26 Å². The van der Waals surface area contributed by atoms with Gasteiger partial charge in [0.2, 0.25) is 15.9 Å². The maximum Gasteiger partial charge on any atom is 0.246 e. The zero-order valence-electron chi connectivity index (χ0n) is 7.93. The van der Waals surface area contributed by atoms with E-state index in [9.17, 15) is 13.2 Å². The predicted octanol–water partition coefficient (Wildman–Crippen LogP) is -0.837. The number of hydrogen-bond donors (Lipinski definition) is 2. The molecule has 1 saturated heterocycles. The summed E-state index contributed by atoms with van der Waals surface area (Å²) in [5.41, 5.74) is 1.58. The third kappa shape index (κ3) is 2.66. The number of carbonyl (C=O) groups is 1. The summed E-state index contributed by atoms with van der Waals surface area (Å²) in [5, 5.41) is 8.38. The highest BCUT2D eigenvalue weighted by atomic mass is 32.2. The fourth-order valence-electron chi connectivity index (χ4n) is 1.54. The van der Waals surface area contributed by atoms with Gasteiger partial charge in [-0.25, -0.2) is 18.2 Å². The molecule has 1 heterocycles. The molecule has 0 radical (unpaired) electrons. The molecule has 6 nitrogen and oxygen atoms in total. The van der Waals surface area contributed by atoms with Crippen molar-refractivity contribution in [3.8, 4) is 0 Å². The van der Waals surface area contributed by atoms with Crippen molar-refractivity contribution in [2.75, 3.05) is 19.3 Å². The summed E-state index contributed by atoms with van der Waals surface area (Å²) >= 11 is 0. The molecule has 0 bridgehead atoms. The lowest BCUT2D eigenvalue weighted by molar-refractivity contribution is -0.134. The number of rotatable bonds is 2. The van der Waals surface area contributed by atoms with Gasteiger partial charge < -0.3 is 0 Å². The second kappa shape index (κ2) is 4.24. The Morgan fingerprint density at radius 3 is 2.29 bits per heavy atom. The van der Waals surface area contributed by atoms with Crippen molar-refractivity contribution in [3.63, 3.8) is 0 Å². The number of nitrogens with zero attached hydrogens (tertiary/aromatic N) is 1. The molecule has 0 aromatic rings. The topological polar surface area (TPSA) is 86.7 Å². The molecule has 0 aromatic carbocycles. The Hall–Kier alpha value is -0.660. The first-order valence-electron chi connectivity index (χ1n) is 4.34. The Morgan fingerprint density at radius 2 is 1.93 bits per heavy atom. The quantitative estimate of drug-likeness (QED) is 0.471. The summed E-state index contributed by atoms with van der Waals surface area (Å²) in [6, 6.07) is 0. The lowest BCUT2D eigenvalue weighted by atomic mass is 9.98. The van der Waals surface area contributed by atoms with Gasteiger partial charge in [0, 0.05) is 19.0 Å². The van der Waals surface area contributed by atoms with Crippen molar-refractivity contribution in [1.82, 2.24) is 9.79 Å². The van der Waals surface area contributed by atoms with Crippen molar-refractivity contribution in [2.24, 2.45) is 5.92 Å². The van der Waals surface area contributed by atoms with Crippen LogP contribution in [0.3, 0.4) is 0 Å². The van der Waals surface area contributed by atoms with Crippen LogP contribution in [0.4, 0.5) is 0 Å². The molecule has 0 spiro atoms. The van der Waals surface area contributed by atoms with E-state index in [1.165, 1.54) is 4.31 Å². The van der Waals surface area contributed by atoms with Crippen LogP contribution < -0.4 is 5.48 Å². The van der Waals surface area contributed by atoms with Crippen molar-refractivity contribution >= 4 is 15.9 Å². The van der Waals surface area contributed by atoms with E-state index in [-0.39, 0.29) is 5.92 Å². The highest BCUT2D eigenvalue weighted by molar-refractivity contribution is 7.88. The summed E-state index contributed by atoms with van der Waals surface area (Å²) < 4.78 is 23.6. The molecule has 82 valence electrons. The van der Waals surface area contributed by atoms with Gasteiger partial charge in [-0.1, -0.05) is 0 Å². The Balaban J connectivity index is 2.51. The average molecular weight is 222 g/mol. The molecule has 1 aliphatic heterocycles. The van der Waals surface area contributed by atoms with E-state index in [4.69, 9.17) is 5.21 Å². The van der Waals surface area contributed by atoms with Crippen LogP contribution in [-0.4, -0.2) is 43.2 Å². The zero-order valence-corrected chi connectivity index (χ0v) is 8.75.